The molecule has 6 nitrogen and oxygen atoms in total. The number of rotatable bonds is 7. The molecule has 0 bridgehead atoms. The molecule has 1 unspecified atom stereocenters. The van der Waals surface area contributed by atoms with E-state index in [0.29, 0.717) is 17.1 Å². The van der Waals surface area contributed by atoms with E-state index in [1.807, 2.05) is 0 Å². The van der Waals surface area contributed by atoms with Crippen LogP contribution < -0.4 is 14.2 Å². The van der Waals surface area contributed by atoms with Crippen LogP contribution in [-0.4, -0.2) is 34.3 Å². The number of nitrogens with one attached hydrogen (secondary N) is 1. The molecule has 0 amide bonds. The summed E-state index contributed by atoms with van der Waals surface area (Å²) in [5.41, 5.74) is 0.600. The number of sulfonamides is 1. The normalized spacial score (nSPS) is 12.7. The Bertz CT molecular complexity index is 726. The van der Waals surface area contributed by atoms with Crippen molar-refractivity contribution in [1.82, 2.24) is 4.72 Å². The summed E-state index contributed by atoms with van der Waals surface area (Å²) in [5.74, 6) is 1.24. The molecular formula is C16H19NO5S. The molecule has 0 spiro atoms. The molecule has 124 valence electrons. The van der Waals surface area contributed by atoms with Crippen molar-refractivity contribution in [3.8, 4) is 11.5 Å². The Morgan fingerprint density at radius 2 is 1.43 bits per heavy atom. The lowest BCUT2D eigenvalue weighted by atomic mass is 10.1. The fraction of sp³-hybridized carbons (Fsp3) is 0.250. The number of ether oxygens (including phenoxy) is 2. The highest BCUT2D eigenvalue weighted by Crippen LogP contribution is 2.19. The van der Waals surface area contributed by atoms with E-state index in [-0.39, 0.29) is 11.4 Å². The molecule has 0 saturated heterocycles. The van der Waals surface area contributed by atoms with Crippen molar-refractivity contribution in [2.45, 2.75) is 11.0 Å². The third-order valence-electron chi connectivity index (χ3n) is 3.34. The number of hydrogen-bond acceptors (Lipinski definition) is 5. The molecule has 2 N–H and O–H groups in total. The van der Waals surface area contributed by atoms with Crippen molar-refractivity contribution >= 4 is 10.0 Å². The van der Waals surface area contributed by atoms with Gasteiger partial charge in [-0.2, -0.15) is 0 Å². The predicted molar refractivity (Wildman–Crippen MR) is 86.1 cm³/mol. The van der Waals surface area contributed by atoms with E-state index in [9.17, 15) is 13.5 Å². The van der Waals surface area contributed by atoms with Gasteiger partial charge in [-0.25, -0.2) is 13.1 Å². The minimum Gasteiger partial charge on any atom is -0.497 e. The first kappa shape index (κ1) is 17.3. The van der Waals surface area contributed by atoms with E-state index in [1.54, 1.807) is 43.5 Å². The molecule has 0 aliphatic carbocycles. The SMILES string of the molecule is COc1ccc(C(O)CNS(=O)(=O)c2ccc(OC)cc2)cc1. The summed E-state index contributed by atoms with van der Waals surface area (Å²) in [4.78, 5) is 0.111. The van der Waals surface area contributed by atoms with Gasteiger partial charge < -0.3 is 14.6 Å². The molecule has 2 aromatic carbocycles. The zero-order valence-corrected chi connectivity index (χ0v) is 13.7. The van der Waals surface area contributed by atoms with Gasteiger partial charge in [0.05, 0.1) is 25.2 Å². The smallest absolute Gasteiger partial charge is 0.240 e. The first-order valence-corrected chi connectivity index (χ1v) is 8.40. The highest BCUT2D eigenvalue weighted by atomic mass is 32.2. The van der Waals surface area contributed by atoms with Gasteiger partial charge in [-0.15, -0.1) is 0 Å². The quantitative estimate of drug-likeness (QED) is 0.803. The average Bonchev–Trinajstić information content (AvgIpc) is 2.60. The summed E-state index contributed by atoms with van der Waals surface area (Å²) in [6.45, 7) is -0.124. The third-order valence-corrected chi connectivity index (χ3v) is 4.78. The monoisotopic (exact) mass is 337 g/mol. The van der Waals surface area contributed by atoms with Crippen LogP contribution in [0.1, 0.15) is 11.7 Å². The van der Waals surface area contributed by atoms with Crippen LogP contribution in [0.15, 0.2) is 53.4 Å². The molecule has 2 rings (SSSR count). The maximum atomic E-state index is 12.2. The van der Waals surface area contributed by atoms with Gasteiger partial charge in [0.1, 0.15) is 11.5 Å². The Balaban J connectivity index is 2.02. The second-order valence-corrected chi connectivity index (χ2v) is 6.58. The van der Waals surface area contributed by atoms with Crippen LogP contribution in [0.3, 0.4) is 0 Å². The lowest BCUT2D eigenvalue weighted by Crippen LogP contribution is -2.28. The summed E-state index contributed by atoms with van der Waals surface area (Å²) < 4.78 is 36.8. The highest BCUT2D eigenvalue weighted by Gasteiger charge is 2.16. The summed E-state index contributed by atoms with van der Waals surface area (Å²) in [5, 5.41) is 10.1. The molecule has 0 radical (unpaired) electrons. The number of aliphatic hydroxyl groups is 1. The molecule has 0 heterocycles. The minimum absolute atomic E-state index is 0.111. The Morgan fingerprint density at radius 1 is 0.957 bits per heavy atom. The summed E-state index contributed by atoms with van der Waals surface area (Å²) in [7, 11) is -0.634. The zero-order valence-electron chi connectivity index (χ0n) is 12.9. The van der Waals surface area contributed by atoms with Crippen LogP contribution in [0.2, 0.25) is 0 Å². The van der Waals surface area contributed by atoms with Crippen LogP contribution in [-0.2, 0) is 10.0 Å². The average molecular weight is 337 g/mol. The fourth-order valence-corrected chi connectivity index (χ4v) is 3.01. The van der Waals surface area contributed by atoms with Crippen molar-refractivity contribution in [1.29, 1.82) is 0 Å². The lowest BCUT2D eigenvalue weighted by molar-refractivity contribution is 0.182. The van der Waals surface area contributed by atoms with Crippen molar-refractivity contribution in [2.75, 3.05) is 20.8 Å². The number of methoxy groups -OCH3 is 2. The van der Waals surface area contributed by atoms with Gasteiger partial charge in [0, 0.05) is 6.54 Å². The van der Waals surface area contributed by atoms with E-state index in [1.165, 1.54) is 19.2 Å². The Kier molecular flexibility index (Phi) is 5.59. The second kappa shape index (κ2) is 7.45. The molecule has 1 atom stereocenters. The highest BCUT2D eigenvalue weighted by molar-refractivity contribution is 7.89. The molecule has 0 aliphatic rings. The van der Waals surface area contributed by atoms with Crippen molar-refractivity contribution in [3.63, 3.8) is 0 Å². The van der Waals surface area contributed by atoms with Crippen molar-refractivity contribution < 1.29 is 23.0 Å². The van der Waals surface area contributed by atoms with Crippen LogP contribution >= 0.6 is 0 Å². The fourth-order valence-electron chi connectivity index (χ4n) is 1.97. The van der Waals surface area contributed by atoms with E-state index < -0.39 is 16.1 Å². The van der Waals surface area contributed by atoms with E-state index >= 15 is 0 Å². The molecule has 0 aromatic heterocycles. The maximum absolute atomic E-state index is 12.2. The largest absolute Gasteiger partial charge is 0.497 e. The van der Waals surface area contributed by atoms with Crippen LogP contribution in [0.4, 0.5) is 0 Å². The summed E-state index contributed by atoms with van der Waals surface area (Å²) >= 11 is 0. The van der Waals surface area contributed by atoms with Gasteiger partial charge in [0.2, 0.25) is 10.0 Å². The maximum Gasteiger partial charge on any atom is 0.240 e. The van der Waals surface area contributed by atoms with Gasteiger partial charge in [-0.05, 0) is 42.0 Å². The molecular weight excluding hydrogens is 318 g/mol. The standard InChI is InChI=1S/C16H19NO5S/c1-21-13-5-3-12(4-6-13)16(18)11-17-23(19,20)15-9-7-14(22-2)8-10-15/h3-10,16-18H,11H2,1-2H3. The van der Waals surface area contributed by atoms with Crippen molar-refractivity contribution in [2.24, 2.45) is 0 Å². The topological polar surface area (TPSA) is 84.9 Å². The zero-order chi connectivity index (χ0) is 16.9. The predicted octanol–water partition coefficient (Wildman–Crippen LogP) is 1.72. The molecule has 7 heteroatoms. The first-order chi connectivity index (χ1) is 11.0. The van der Waals surface area contributed by atoms with Gasteiger partial charge in [-0.3, -0.25) is 0 Å². The van der Waals surface area contributed by atoms with Crippen LogP contribution in [0, 0.1) is 0 Å². The summed E-state index contributed by atoms with van der Waals surface area (Å²) in [6, 6.07) is 12.8. The molecule has 0 saturated carbocycles. The Labute approximate surface area is 135 Å². The third kappa shape index (κ3) is 4.44. The van der Waals surface area contributed by atoms with E-state index in [4.69, 9.17) is 9.47 Å². The number of benzene rings is 2. The number of aliphatic hydroxyl groups excluding tert-OH is 1. The van der Waals surface area contributed by atoms with Gasteiger partial charge >= 0.3 is 0 Å². The van der Waals surface area contributed by atoms with E-state index in [2.05, 4.69) is 4.72 Å². The Hall–Kier alpha value is -2.09. The first-order valence-electron chi connectivity index (χ1n) is 6.92. The molecule has 23 heavy (non-hydrogen) atoms. The van der Waals surface area contributed by atoms with Crippen LogP contribution in [0.5, 0.6) is 11.5 Å². The molecule has 2 aromatic rings. The number of hydrogen-bond donors (Lipinski definition) is 2. The van der Waals surface area contributed by atoms with Gasteiger partial charge in [0.15, 0.2) is 0 Å². The molecule has 0 fully saturated rings. The lowest BCUT2D eigenvalue weighted by Gasteiger charge is -2.13. The van der Waals surface area contributed by atoms with Crippen LogP contribution in [0.25, 0.3) is 0 Å². The molecule has 0 aliphatic heterocycles. The van der Waals surface area contributed by atoms with Crippen molar-refractivity contribution in [3.05, 3.63) is 54.1 Å². The summed E-state index contributed by atoms with van der Waals surface area (Å²) in [6.07, 6.45) is -0.950. The van der Waals surface area contributed by atoms with Gasteiger partial charge in [-0.1, -0.05) is 12.1 Å². The van der Waals surface area contributed by atoms with Gasteiger partial charge in [0.25, 0.3) is 0 Å². The van der Waals surface area contributed by atoms with E-state index in [0.717, 1.165) is 0 Å². The minimum atomic E-state index is -3.69. The second-order valence-electron chi connectivity index (χ2n) is 4.82. The Morgan fingerprint density at radius 3 is 1.91 bits per heavy atom.